The minimum absolute atomic E-state index is 0. The first-order chi connectivity index (χ1) is 12.2. The number of benzene rings is 1. The molecule has 1 atom stereocenters. The van der Waals surface area contributed by atoms with Crippen LogP contribution in [0, 0.1) is 5.92 Å². The van der Waals surface area contributed by atoms with Crippen LogP contribution in [0.25, 0.3) is 0 Å². The fourth-order valence-corrected chi connectivity index (χ4v) is 3.05. The minimum atomic E-state index is -0.313. The lowest BCUT2D eigenvalue weighted by Gasteiger charge is -2.22. The molecule has 2 heterocycles. The van der Waals surface area contributed by atoms with Crippen molar-refractivity contribution in [1.29, 1.82) is 0 Å². The molecule has 1 aromatic rings. The molecule has 2 aliphatic rings. The molecule has 2 amide bonds. The highest BCUT2D eigenvalue weighted by atomic mass is 35.5. The summed E-state index contributed by atoms with van der Waals surface area (Å²) in [6.07, 6.45) is 1.30. The molecule has 144 valence electrons. The average molecular weight is 384 g/mol. The molecule has 2 N–H and O–H groups in total. The molecule has 1 unspecified atom stereocenters. The summed E-state index contributed by atoms with van der Waals surface area (Å²) in [7, 11) is 0. The molecule has 0 spiro atoms. The molecule has 7 nitrogen and oxygen atoms in total. The van der Waals surface area contributed by atoms with Crippen molar-refractivity contribution in [3.8, 4) is 11.5 Å². The Hall–Kier alpha value is -1.99. The number of nitrogens with one attached hydrogen (secondary N) is 2. The third-order valence-electron chi connectivity index (χ3n) is 4.36. The van der Waals surface area contributed by atoms with Gasteiger partial charge in [-0.25, -0.2) is 0 Å². The van der Waals surface area contributed by atoms with Gasteiger partial charge in [-0.2, -0.15) is 0 Å². The summed E-state index contributed by atoms with van der Waals surface area (Å²) in [5.41, 5.74) is 0.745. The second-order valence-corrected chi connectivity index (χ2v) is 6.27. The van der Waals surface area contributed by atoms with Gasteiger partial charge in [0.05, 0.1) is 5.92 Å². The molecule has 0 aliphatic carbocycles. The third kappa shape index (κ3) is 4.80. The van der Waals surface area contributed by atoms with E-state index in [-0.39, 0.29) is 36.6 Å². The van der Waals surface area contributed by atoms with Crippen molar-refractivity contribution >= 4 is 29.9 Å². The van der Waals surface area contributed by atoms with Gasteiger partial charge in [-0.3, -0.25) is 9.59 Å². The van der Waals surface area contributed by atoms with Crippen molar-refractivity contribution in [2.45, 2.75) is 19.8 Å². The van der Waals surface area contributed by atoms with E-state index < -0.39 is 0 Å². The van der Waals surface area contributed by atoms with E-state index in [9.17, 15) is 9.59 Å². The number of carbonyl (C=O) groups is 2. The Morgan fingerprint density at radius 3 is 2.73 bits per heavy atom. The molecule has 26 heavy (non-hydrogen) atoms. The van der Waals surface area contributed by atoms with Gasteiger partial charge in [0.1, 0.15) is 13.2 Å². The zero-order valence-corrected chi connectivity index (χ0v) is 15.8. The largest absolute Gasteiger partial charge is 0.486 e. The van der Waals surface area contributed by atoms with Gasteiger partial charge in [-0.1, -0.05) is 6.92 Å². The molecular weight excluding hydrogens is 358 g/mol. The second-order valence-electron chi connectivity index (χ2n) is 6.27. The molecule has 1 fully saturated rings. The summed E-state index contributed by atoms with van der Waals surface area (Å²) in [5.74, 6) is 0.918. The Bertz CT molecular complexity index is 641. The fraction of sp³-hybridized carbons (Fsp3) is 0.556. The minimum Gasteiger partial charge on any atom is -0.486 e. The number of anilines is 1. The molecule has 0 bridgehead atoms. The van der Waals surface area contributed by atoms with E-state index in [0.717, 1.165) is 25.2 Å². The summed E-state index contributed by atoms with van der Waals surface area (Å²) in [4.78, 5) is 26.3. The van der Waals surface area contributed by atoms with Gasteiger partial charge in [-0.15, -0.1) is 12.4 Å². The highest BCUT2D eigenvalue weighted by molar-refractivity contribution is 6.00. The van der Waals surface area contributed by atoms with Crippen LogP contribution in [0.4, 0.5) is 5.69 Å². The van der Waals surface area contributed by atoms with Crippen molar-refractivity contribution in [2.24, 2.45) is 5.92 Å². The Kier molecular flexibility index (Phi) is 7.53. The maximum Gasteiger partial charge on any atom is 0.227 e. The second kappa shape index (κ2) is 9.64. The van der Waals surface area contributed by atoms with Crippen LogP contribution in [-0.2, 0) is 9.59 Å². The lowest BCUT2D eigenvalue weighted by Crippen LogP contribution is -2.37. The summed E-state index contributed by atoms with van der Waals surface area (Å²) < 4.78 is 11.1. The van der Waals surface area contributed by atoms with Crippen LogP contribution in [0.1, 0.15) is 19.8 Å². The highest BCUT2D eigenvalue weighted by Gasteiger charge is 2.35. The van der Waals surface area contributed by atoms with Gasteiger partial charge in [0.15, 0.2) is 11.5 Å². The van der Waals surface area contributed by atoms with E-state index in [4.69, 9.17) is 9.47 Å². The number of hydrogen-bond acceptors (Lipinski definition) is 5. The predicted octanol–water partition coefficient (Wildman–Crippen LogP) is 1.35. The van der Waals surface area contributed by atoms with E-state index in [1.807, 2.05) is 12.1 Å². The molecule has 2 aliphatic heterocycles. The van der Waals surface area contributed by atoms with Crippen LogP contribution in [0.2, 0.25) is 0 Å². The Labute approximate surface area is 159 Å². The molecule has 0 saturated carbocycles. The molecule has 1 saturated heterocycles. The van der Waals surface area contributed by atoms with Crippen molar-refractivity contribution in [3.63, 3.8) is 0 Å². The van der Waals surface area contributed by atoms with Gasteiger partial charge in [0, 0.05) is 37.8 Å². The number of carbonyl (C=O) groups excluding carboxylic acids is 2. The van der Waals surface area contributed by atoms with Crippen LogP contribution in [-0.4, -0.2) is 51.2 Å². The Morgan fingerprint density at radius 2 is 1.96 bits per heavy atom. The van der Waals surface area contributed by atoms with Crippen LogP contribution < -0.4 is 25.0 Å². The first-order valence-corrected chi connectivity index (χ1v) is 8.87. The summed E-state index contributed by atoms with van der Waals surface area (Å²) in [6, 6.07) is 5.45. The average Bonchev–Trinajstić information content (AvgIpc) is 3.03. The van der Waals surface area contributed by atoms with Gasteiger partial charge < -0.3 is 25.0 Å². The zero-order valence-electron chi connectivity index (χ0n) is 15.0. The standard InChI is InChI=1S/C18H25N3O4.ClH/c1-2-5-19-6-7-20-18(23)13-10-17(22)21(12-13)14-3-4-15-16(11-14)25-9-8-24-15;/h3-4,11,13,19H,2,5-10,12H2,1H3,(H,20,23);1H. The van der Waals surface area contributed by atoms with Crippen LogP contribution in [0.3, 0.4) is 0 Å². The zero-order chi connectivity index (χ0) is 17.6. The lowest BCUT2D eigenvalue weighted by atomic mass is 10.1. The number of hydrogen-bond donors (Lipinski definition) is 2. The van der Waals surface area contributed by atoms with Gasteiger partial charge in [0.25, 0.3) is 0 Å². The summed E-state index contributed by atoms with van der Waals surface area (Å²) in [5, 5.41) is 6.14. The SMILES string of the molecule is CCCNCCNC(=O)C1CC(=O)N(c2ccc3c(c2)OCCO3)C1.Cl. The van der Waals surface area contributed by atoms with E-state index in [2.05, 4.69) is 17.6 Å². The number of fused-ring (bicyclic) bond motifs is 1. The van der Waals surface area contributed by atoms with Crippen molar-refractivity contribution in [1.82, 2.24) is 10.6 Å². The number of ether oxygens (including phenoxy) is 2. The topological polar surface area (TPSA) is 79.9 Å². The van der Waals surface area contributed by atoms with Crippen molar-refractivity contribution in [2.75, 3.05) is 44.3 Å². The molecule has 0 radical (unpaired) electrons. The van der Waals surface area contributed by atoms with Crippen LogP contribution >= 0.6 is 12.4 Å². The smallest absolute Gasteiger partial charge is 0.227 e. The quantitative estimate of drug-likeness (QED) is 0.695. The molecule has 1 aromatic carbocycles. The number of nitrogens with zero attached hydrogens (tertiary/aromatic N) is 1. The van der Waals surface area contributed by atoms with Gasteiger partial charge in [0.2, 0.25) is 11.8 Å². The number of amides is 2. The maximum atomic E-state index is 12.3. The third-order valence-corrected chi connectivity index (χ3v) is 4.36. The first kappa shape index (κ1) is 20.3. The Balaban J connectivity index is 0.00000243. The van der Waals surface area contributed by atoms with Crippen molar-refractivity contribution < 1.29 is 19.1 Å². The predicted molar refractivity (Wildman–Crippen MR) is 101 cm³/mol. The van der Waals surface area contributed by atoms with Crippen molar-refractivity contribution in [3.05, 3.63) is 18.2 Å². The number of halogens is 1. The van der Waals surface area contributed by atoms with Gasteiger partial charge >= 0.3 is 0 Å². The first-order valence-electron chi connectivity index (χ1n) is 8.87. The maximum absolute atomic E-state index is 12.3. The molecular formula is C18H26ClN3O4. The monoisotopic (exact) mass is 383 g/mol. The van der Waals surface area contributed by atoms with E-state index >= 15 is 0 Å². The van der Waals surface area contributed by atoms with E-state index in [0.29, 0.717) is 37.8 Å². The molecule has 8 heteroatoms. The molecule has 0 aromatic heterocycles. The molecule has 3 rings (SSSR count). The normalized spacial score (nSPS) is 18.4. The van der Waals surface area contributed by atoms with Gasteiger partial charge in [-0.05, 0) is 25.1 Å². The van der Waals surface area contributed by atoms with E-state index in [1.165, 1.54) is 0 Å². The fourth-order valence-electron chi connectivity index (χ4n) is 3.05. The Morgan fingerprint density at radius 1 is 1.19 bits per heavy atom. The van der Waals surface area contributed by atoms with E-state index in [1.54, 1.807) is 11.0 Å². The number of rotatable bonds is 7. The summed E-state index contributed by atoms with van der Waals surface area (Å²) >= 11 is 0. The van der Waals surface area contributed by atoms with Crippen LogP contribution in [0.15, 0.2) is 18.2 Å². The lowest BCUT2D eigenvalue weighted by molar-refractivity contribution is -0.126. The van der Waals surface area contributed by atoms with Crippen LogP contribution in [0.5, 0.6) is 11.5 Å². The summed E-state index contributed by atoms with van der Waals surface area (Å²) in [6.45, 7) is 5.79. The highest BCUT2D eigenvalue weighted by Crippen LogP contribution is 2.35.